The number of rotatable bonds is 4. The molecule has 0 heterocycles. The van der Waals surface area contributed by atoms with Crippen molar-refractivity contribution in [2.75, 3.05) is 0 Å². The highest BCUT2D eigenvalue weighted by Gasteiger charge is 2.22. The van der Waals surface area contributed by atoms with Crippen LogP contribution in [0.4, 0.5) is 0 Å². The van der Waals surface area contributed by atoms with Gasteiger partial charge in [-0.05, 0) is 30.5 Å². The van der Waals surface area contributed by atoms with Gasteiger partial charge in [0.05, 0.1) is 0 Å². The van der Waals surface area contributed by atoms with Crippen LogP contribution in [0.3, 0.4) is 0 Å². The molecule has 3 nitrogen and oxygen atoms in total. The standard InChI is InChI=1S/C11H17NO2/c1-2-3-8-11(12,14)9-4-6-10(13)7-5-9/h4-7,13-14H,2-3,8,12H2,1H3. The molecule has 0 aliphatic heterocycles. The summed E-state index contributed by atoms with van der Waals surface area (Å²) in [5.41, 5.74) is 5.12. The third kappa shape index (κ3) is 2.72. The van der Waals surface area contributed by atoms with Crippen molar-refractivity contribution >= 4 is 0 Å². The van der Waals surface area contributed by atoms with Crippen LogP contribution in [0, 0.1) is 0 Å². The van der Waals surface area contributed by atoms with E-state index in [0.717, 1.165) is 12.8 Å². The van der Waals surface area contributed by atoms with E-state index in [0.29, 0.717) is 12.0 Å². The van der Waals surface area contributed by atoms with Crippen molar-refractivity contribution in [2.45, 2.75) is 31.9 Å². The minimum atomic E-state index is -1.27. The number of aliphatic hydroxyl groups is 1. The van der Waals surface area contributed by atoms with Gasteiger partial charge in [-0.3, -0.25) is 5.73 Å². The van der Waals surface area contributed by atoms with E-state index in [9.17, 15) is 5.11 Å². The first-order valence-electron chi connectivity index (χ1n) is 4.87. The van der Waals surface area contributed by atoms with Gasteiger partial charge in [-0.15, -0.1) is 0 Å². The zero-order chi connectivity index (χ0) is 10.6. The summed E-state index contributed by atoms with van der Waals surface area (Å²) < 4.78 is 0. The Morgan fingerprint density at radius 3 is 2.36 bits per heavy atom. The normalized spacial score (nSPS) is 15.1. The summed E-state index contributed by atoms with van der Waals surface area (Å²) in [5.74, 6) is 0.181. The number of hydrogen-bond donors (Lipinski definition) is 3. The summed E-state index contributed by atoms with van der Waals surface area (Å²) in [5, 5.41) is 19.0. The molecule has 0 bridgehead atoms. The molecule has 1 aromatic rings. The molecule has 0 fully saturated rings. The molecule has 1 unspecified atom stereocenters. The zero-order valence-corrected chi connectivity index (χ0v) is 8.40. The molecule has 0 amide bonds. The SMILES string of the molecule is CCCCC(N)(O)c1ccc(O)cc1. The van der Waals surface area contributed by atoms with Gasteiger partial charge in [-0.25, -0.2) is 0 Å². The largest absolute Gasteiger partial charge is 0.508 e. The number of unbranched alkanes of at least 4 members (excludes halogenated alkanes) is 1. The van der Waals surface area contributed by atoms with Crippen LogP contribution in [-0.2, 0) is 5.72 Å². The number of hydrogen-bond acceptors (Lipinski definition) is 3. The molecule has 0 spiro atoms. The van der Waals surface area contributed by atoms with Crippen molar-refractivity contribution in [1.82, 2.24) is 0 Å². The minimum Gasteiger partial charge on any atom is -0.508 e. The first-order chi connectivity index (χ1) is 6.56. The fourth-order valence-electron chi connectivity index (χ4n) is 1.34. The molecular formula is C11H17NO2. The molecule has 14 heavy (non-hydrogen) atoms. The van der Waals surface area contributed by atoms with Crippen LogP contribution in [0.25, 0.3) is 0 Å². The lowest BCUT2D eigenvalue weighted by atomic mass is 9.98. The molecular weight excluding hydrogens is 178 g/mol. The molecule has 0 aromatic heterocycles. The Morgan fingerprint density at radius 1 is 1.29 bits per heavy atom. The quantitative estimate of drug-likeness (QED) is 0.640. The van der Waals surface area contributed by atoms with Crippen molar-refractivity contribution in [2.24, 2.45) is 5.73 Å². The van der Waals surface area contributed by atoms with Gasteiger partial charge in [0.1, 0.15) is 11.5 Å². The predicted molar refractivity (Wildman–Crippen MR) is 55.7 cm³/mol. The van der Waals surface area contributed by atoms with Crippen molar-refractivity contribution in [3.8, 4) is 5.75 Å². The average Bonchev–Trinajstić information content (AvgIpc) is 2.16. The molecule has 3 heteroatoms. The van der Waals surface area contributed by atoms with Gasteiger partial charge in [0, 0.05) is 0 Å². The Hall–Kier alpha value is -1.06. The molecule has 0 saturated carbocycles. The number of aromatic hydroxyl groups is 1. The maximum Gasteiger partial charge on any atom is 0.139 e. The van der Waals surface area contributed by atoms with Gasteiger partial charge in [0.15, 0.2) is 0 Å². The van der Waals surface area contributed by atoms with Crippen molar-refractivity contribution in [3.63, 3.8) is 0 Å². The number of phenols is 1. The van der Waals surface area contributed by atoms with Crippen molar-refractivity contribution in [1.29, 1.82) is 0 Å². The van der Waals surface area contributed by atoms with Crippen LogP contribution < -0.4 is 5.73 Å². The minimum absolute atomic E-state index is 0.181. The number of nitrogens with two attached hydrogens (primary N) is 1. The summed E-state index contributed by atoms with van der Waals surface area (Å²) in [7, 11) is 0. The highest BCUT2D eigenvalue weighted by molar-refractivity contribution is 5.29. The van der Waals surface area contributed by atoms with Crippen LogP contribution in [0.15, 0.2) is 24.3 Å². The van der Waals surface area contributed by atoms with E-state index in [4.69, 9.17) is 10.8 Å². The van der Waals surface area contributed by atoms with E-state index in [-0.39, 0.29) is 5.75 Å². The maximum absolute atomic E-state index is 9.90. The lowest BCUT2D eigenvalue weighted by Gasteiger charge is -2.23. The molecule has 0 saturated heterocycles. The van der Waals surface area contributed by atoms with Crippen LogP contribution in [-0.4, -0.2) is 10.2 Å². The van der Waals surface area contributed by atoms with Gasteiger partial charge < -0.3 is 10.2 Å². The van der Waals surface area contributed by atoms with Gasteiger partial charge in [-0.2, -0.15) is 0 Å². The predicted octanol–water partition coefficient (Wildman–Crippen LogP) is 1.69. The highest BCUT2D eigenvalue weighted by Crippen LogP contribution is 2.23. The van der Waals surface area contributed by atoms with E-state index in [1.165, 1.54) is 12.1 Å². The molecule has 1 aromatic carbocycles. The number of phenolic OH excluding ortho intramolecular Hbond substituents is 1. The summed E-state index contributed by atoms with van der Waals surface area (Å²) >= 11 is 0. The Balaban J connectivity index is 2.75. The zero-order valence-electron chi connectivity index (χ0n) is 8.40. The molecule has 0 radical (unpaired) electrons. The first-order valence-corrected chi connectivity index (χ1v) is 4.87. The molecule has 1 atom stereocenters. The second-order valence-electron chi connectivity index (χ2n) is 3.57. The van der Waals surface area contributed by atoms with Crippen LogP contribution in [0.2, 0.25) is 0 Å². The monoisotopic (exact) mass is 195 g/mol. The van der Waals surface area contributed by atoms with Crippen LogP contribution in [0.1, 0.15) is 31.7 Å². The Kier molecular flexibility index (Phi) is 3.49. The summed E-state index contributed by atoms with van der Waals surface area (Å²) in [6.07, 6.45) is 2.42. The third-order valence-electron chi connectivity index (χ3n) is 2.28. The second-order valence-corrected chi connectivity index (χ2v) is 3.57. The topological polar surface area (TPSA) is 66.5 Å². The molecule has 4 N–H and O–H groups in total. The van der Waals surface area contributed by atoms with E-state index in [1.54, 1.807) is 12.1 Å². The number of benzene rings is 1. The Labute approximate surface area is 84.2 Å². The fraction of sp³-hybridized carbons (Fsp3) is 0.455. The lowest BCUT2D eigenvalue weighted by Crippen LogP contribution is -2.36. The Bertz CT molecular complexity index is 280. The van der Waals surface area contributed by atoms with Gasteiger partial charge in [0.2, 0.25) is 0 Å². The van der Waals surface area contributed by atoms with E-state index in [2.05, 4.69) is 0 Å². The second kappa shape index (κ2) is 4.44. The molecule has 78 valence electrons. The Morgan fingerprint density at radius 2 is 1.86 bits per heavy atom. The van der Waals surface area contributed by atoms with Crippen LogP contribution >= 0.6 is 0 Å². The lowest BCUT2D eigenvalue weighted by molar-refractivity contribution is 0.0319. The van der Waals surface area contributed by atoms with Gasteiger partial charge in [0.25, 0.3) is 0 Å². The summed E-state index contributed by atoms with van der Waals surface area (Å²) in [6.45, 7) is 2.05. The average molecular weight is 195 g/mol. The van der Waals surface area contributed by atoms with E-state index in [1.807, 2.05) is 6.92 Å². The van der Waals surface area contributed by atoms with Gasteiger partial charge in [-0.1, -0.05) is 25.5 Å². The first kappa shape index (κ1) is 11.0. The van der Waals surface area contributed by atoms with Crippen molar-refractivity contribution in [3.05, 3.63) is 29.8 Å². The summed E-state index contributed by atoms with van der Waals surface area (Å²) in [4.78, 5) is 0. The van der Waals surface area contributed by atoms with E-state index < -0.39 is 5.72 Å². The van der Waals surface area contributed by atoms with Gasteiger partial charge >= 0.3 is 0 Å². The highest BCUT2D eigenvalue weighted by atomic mass is 16.3. The molecule has 0 aliphatic rings. The maximum atomic E-state index is 9.90. The summed E-state index contributed by atoms with van der Waals surface area (Å²) in [6, 6.07) is 6.34. The van der Waals surface area contributed by atoms with Crippen LogP contribution in [0.5, 0.6) is 5.75 Å². The van der Waals surface area contributed by atoms with E-state index >= 15 is 0 Å². The smallest absolute Gasteiger partial charge is 0.139 e. The fourth-order valence-corrected chi connectivity index (χ4v) is 1.34. The molecule has 1 rings (SSSR count). The third-order valence-corrected chi connectivity index (χ3v) is 2.28. The molecule has 0 aliphatic carbocycles. The van der Waals surface area contributed by atoms with Crippen molar-refractivity contribution < 1.29 is 10.2 Å².